The Bertz CT molecular complexity index is 343. The molecule has 3 nitrogen and oxygen atoms in total. The quantitative estimate of drug-likeness (QED) is 0.861. The predicted octanol–water partition coefficient (Wildman–Crippen LogP) is 3.22. The van der Waals surface area contributed by atoms with E-state index in [2.05, 4.69) is 10.6 Å². The fourth-order valence-electron chi connectivity index (χ4n) is 2.19. The van der Waals surface area contributed by atoms with Crippen LogP contribution in [0.4, 0.5) is 0 Å². The number of amides is 1. The Hall–Kier alpha value is -1.35. The molecule has 1 aliphatic rings. The van der Waals surface area contributed by atoms with Crippen LogP contribution in [0.1, 0.15) is 50.9 Å². The van der Waals surface area contributed by atoms with Crippen LogP contribution in [0.2, 0.25) is 0 Å². The zero-order valence-corrected chi connectivity index (χ0v) is 10.1. The summed E-state index contributed by atoms with van der Waals surface area (Å²) in [5.74, 6) is 0.0520. The maximum atomic E-state index is 12.0. The van der Waals surface area contributed by atoms with Crippen molar-refractivity contribution in [1.82, 2.24) is 10.6 Å². The summed E-state index contributed by atoms with van der Waals surface area (Å²) in [6, 6.07) is 9.75. The number of rotatable bonds is 2. The largest absolute Gasteiger partial charge is 0.349 e. The van der Waals surface area contributed by atoms with E-state index in [9.17, 15) is 4.79 Å². The van der Waals surface area contributed by atoms with Crippen molar-refractivity contribution >= 4 is 5.91 Å². The lowest BCUT2D eigenvalue weighted by Crippen LogP contribution is -2.38. The molecule has 2 N–H and O–H groups in total. The Kier molecular flexibility index (Phi) is 8.88. The van der Waals surface area contributed by atoms with E-state index in [4.69, 9.17) is 0 Å². The topological polar surface area (TPSA) is 41.1 Å². The minimum atomic E-state index is 0. The first-order valence-electron chi connectivity index (χ1n) is 6.43. The Morgan fingerprint density at radius 2 is 1.79 bits per heavy atom. The normalized spacial score (nSPS) is 19.1. The first-order chi connectivity index (χ1) is 8.36. The van der Waals surface area contributed by atoms with E-state index < -0.39 is 0 Å². The van der Waals surface area contributed by atoms with Gasteiger partial charge in [0.1, 0.15) is 0 Å². The lowest BCUT2D eigenvalue weighted by atomic mass is 10.0. The molecule has 1 atom stereocenters. The number of benzene rings is 1. The van der Waals surface area contributed by atoms with Crippen LogP contribution in [0.25, 0.3) is 0 Å². The van der Waals surface area contributed by atoms with Gasteiger partial charge in [-0.2, -0.15) is 0 Å². The lowest BCUT2D eigenvalue weighted by Gasteiger charge is -2.21. The van der Waals surface area contributed by atoms with Gasteiger partial charge in [0.05, 0.1) is 0 Å². The zero-order chi connectivity index (χ0) is 11.9. The third kappa shape index (κ3) is 5.88. The van der Waals surface area contributed by atoms with Gasteiger partial charge in [-0.1, -0.05) is 39.5 Å². The van der Waals surface area contributed by atoms with Gasteiger partial charge in [-0.25, -0.2) is 0 Å². The summed E-state index contributed by atoms with van der Waals surface area (Å²) < 4.78 is 0. The first kappa shape index (κ1) is 17.6. The van der Waals surface area contributed by atoms with Gasteiger partial charge in [-0.15, -0.1) is 0 Å². The maximum Gasteiger partial charge on any atom is 0.251 e. The fraction of sp³-hybridized carbons (Fsp3) is 0.562. The third-order valence-corrected chi connectivity index (χ3v) is 3.20. The van der Waals surface area contributed by atoms with E-state index in [-0.39, 0.29) is 20.8 Å². The van der Waals surface area contributed by atoms with Crippen molar-refractivity contribution in [2.75, 3.05) is 13.1 Å². The highest BCUT2D eigenvalue weighted by atomic mass is 16.1. The number of hydrogen-bond acceptors (Lipinski definition) is 2. The van der Waals surface area contributed by atoms with Crippen molar-refractivity contribution in [1.29, 1.82) is 0 Å². The third-order valence-electron chi connectivity index (χ3n) is 3.20. The van der Waals surface area contributed by atoms with Crippen molar-refractivity contribution < 1.29 is 4.79 Å². The second-order valence-electron chi connectivity index (χ2n) is 4.57. The molecular formula is C16H28N2O. The van der Waals surface area contributed by atoms with E-state index in [0.717, 1.165) is 31.5 Å². The number of carbonyl (C=O) groups excluding carboxylic acids is 1. The van der Waals surface area contributed by atoms with Gasteiger partial charge in [0.15, 0.2) is 0 Å². The molecular weight excluding hydrogens is 236 g/mol. The highest BCUT2D eigenvalue weighted by Gasteiger charge is 2.14. The molecule has 0 spiro atoms. The molecule has 0 radical (unpaired) electrons. The molecule has 0 bridgehead atoms. The van der Waals surface area contributed by atoms with Crippen LogP contribution >= 0.6 is 0 Å². The molecule has 1 saturated heterocycles. The summed E-state index contributed by atoms with van der Waals surface area (Å²) in [5, 5.41) is 6.50. The molecule has 1 aliphatic heterocycles. The average Bonchev–Trinajstić information content (AvgIpc) is 2.33. The SMILES string of the molecule is C.C.O=C(NC1CCCCNCC1)c1ccccc1. The minimum absolute atomic E-state index is 0. The van der Waals surface area contributed by atoms with Crippen molar-refractivity contribution in [2.45, 2.75) is 46.6 Å². The molecule has 1 amide bonds. The van der Waals surface area contributed by atoms with Crippen LogP contribution in [-0.4, -0.2) is 25.0 Å². The van der Waals surface area contributed by atoms with Gasteiger partial charge in [0, 0.05) is 11.6 Å². The lowest BCUT2D eigenvalue weighted by molar-refractivity contribution is 0.0931. The van der Waals surface area contributed by atoms with Gasteiger partial charge in [0.2, 0.25) is 0 Å². The van der Waals surface area contributed by atoms with Crippen molar-refractivity contribution in [3.63, 3.8) is 0 Å². The molecule has 1 heterocycles. The van der Waals surface area contributed by atoms with Crippen LogP contribution in [-0.2, 0) is 0 Å². The maximum absolute atomic E-state index is 12.0. The monoisotopic (exact) mass is 264 g/mol. The van der Waals surface area contributed by atoms with Crippen LogP contribution in [0.5, 0.6) is 0 Å². The van der Waals surface area contributed by atoms with E-state index in [1.165, 1.54) is 12.8 Å². The molecule has 1 aromatic carbocycles. The summed E-state index contributed by atoms with van der Waals surface area (Å²) in [7, 11) is 0. The van der Waals surface area contributed by atoms with Gasteiger partial charge < -0.3 is 10.6 Å². The predicted molar refractivity (Wildman–Crippen MR) is 82.5 cm³/mol. The van der Waals surface area contributed by atoms with E-state index in [1.54, 1.807) is 0 Å². The molecule has 0 aromatic heterocycles. The van der Waals surface area contributed by atoms with Gasteiger partial charge in [0.25, 0.3) is 5.91 Å². The van der Waals surface area contributed by atoms with Crippen molar-refractivity contribution in [3.05, 3.63) is 35.9 Å². The van der Waals surface area contributed by atoms with E-state index in [1.807, 2.05) is 30.3 Å². The Morgan fingerprint density at radius 3 is 2.53 bits per heavy atom. The summed E-state index contributed by atoms with van der Waals surface area (Å²) >= 11 is 0. The molecule has 19 heavy (non-hydrogen) atoms. The van der Waals surface area contributed by atoms with Gasteiger partial charge >= 0.3 is 0 Å². The second-order valence-corrected chi connectivity index (χ2v) is 4.57. The number of hydrogen-bond donors (Lipinski definition) is 2. The second kappa shape index (κ2) is 9.56. The Labute approximate surface area is 117 Å². The van der Waals surface area contributed by atoms with Crippen LogP contribution in [0.3, 0.4) is 0 Å². The smallest absolute Gasteiger partial charge is 0.251 e. The number of nitrogens with one attached hydrogen (secondary N) is 2. The van der Waals surface area contributed by atoms with Crippen molar-refractivity contribution in [2.24, 2.45) is 0 Å². The molecule has 1 unspecified atom stereocenters. The van der Waals surface area contributed by atoms with E-state index >= 15 is 0 Å². The molecule has 108 valence electrons. The van der Waals surface area contributed by atoms with Crippen LogP contribution in [0.15, 0.2) is 30.3 Å². The molecule has 1 aromatic rings. The Balaban J connectivity index is 0.00000162. The Morgan fingerprint density at radius 1 is 1.05 bits per heavy atom. The molecule has 2 rings (SSSR count). The highest BCUT2D eigenvalue weighted by molar-refractivity contribution is 5.94. The van der Waals surface area contributed by atoms with Crippen molar-refractivity contribution in [3.8, 4) is 0 Å². The molecule has 1 fully saturated rings. The van der Waals surface area contributed by atoms with Gasteiger partial charge in [-0.05, 0) is 44.5 Å². The summed E-state index contributed by atoms with van der Waals surface area (Å²) in [6.07, 6.45) is 4.52. The highest BCUT2D eigenvalue weighted by Crippen LogP contribution is 2.08. The molecule has 3 heteroatoms. The minimum Gasteiger partial charge on any atom is -0.349 e. The number of carbonyl (C=O) groups is 1. The zero-order valence-electron chi connectivity index (χ0n) is 10.1. The van der Waals surface area contributed by atoms with Gasteiger partial charge in [-0.3, -0.25) is 4.79 Å². The average molecular weight is 264 g/mol. The van der Waals surface area contributed by atoms with Crippen LogP contribution in [0, 0.1) is 0 Å². The molecule has 0 aliphatic carbocycles. The summed E-state index contributed by atoms with van der Waals surface area (Å²) in [4.78, 5) is 12.0. The molecule has 0 saturated carbocycles. The van der Waals surface area contributed by atoms with Crippen LogP contribution < -0.4 is 10.6 Å². The summed E-state index contributed by atoms with van der Waals surface area (Å²) in [5.41, 5.74) is 0.752. The first-order valence-corrected chi connectivity index (χ1v) is 6.43. The summed E-state index contributed by atoms with van der Waals surface area (Å²) in [6.45, 7) is 2.11. The fourth-order valence-corrected chi connectivity index (χ4v) is 2.19. The van der Waals surface area contributed by atoms with E-state index in [0.29, 0.717) is 6.04 Å². The standard InChI is InChI=1S/C14H20N2O.2CH4/c17-14(12-6-2-1-3-7-12)16-13-8-4-5-10-15-11-9-13;;/h1-3,6-7,13,15H,4-5,8-11H2,(H,16,17);2*1H4.